The summed E-state index contributed by atoms with van der Waals surface area (Å²) in [6.07, 6.45) is 2.95. The van der Waals surface area contributed by atoms with E-state index in [1.165, 1.54) is 6.08 Å². The molecule has 2 aromatic rings. The molecular weight excluding hydrogens is 290 g/mol. The van der Waals surface area contributed by atoms with Gasteiger partial charge in [-0.3, -0.25) is 0 Å². The maximum Gasteiger partial charge on any atom is 0.330 e. The van der Waals surface area contributed by atoms with Crippen LogP contribution in [-0.2, 0) is 16.1 Å². The van der Waals surface area contributed by atoms with Gasteiger partial charge in [0.2, 0.25) is 0 Å². The molecule has 0 unspecified atom stereocenters. The molecule has 0 aliphatic carbocycles. The molecule has 23 heavy (non-hydrogen) atoms. The van der Waals surface area contributed by atoms with E-state index in [1.807, 2.05) is 30.3 Å². The lowest BCUT2D eigenvalue weighted by Gasteiger charge is -2.08. The fourth-order valence-electron chi connectivity index (χ4n) is 1.95. The Labute approximate surface area is 135 Å². The van der Waals surface area contributed by atoms with Crippen LogP contribution in [0.5, 0.6) is 5.75 Å². The van der Waals surface area contributed by atoms with Crippen molar-refractivity contribution in [2.24, 2.45) is 0 Å². The van der Waals surface area contributed by atoms with E-state index in [4.69, 9.17) is 9.47 Å². The van der Waals surface area contributed by atoms with Crippen LogP contribution in [0.15, 0.2) is 54.6 Å². The van der Waals surface area contributed by atoms with Crippen molar-refractivity contribution in [1.29, 1.82) is 5.26 Å². The molecule has 0 saturated carbocycles. The zero-order valence-corrected chi connectivity index (χ0v) is 12.9. The summed E-state index contributed by atoms with van der Waals surface area (Å²) in [5, 5.41) is 9.26. The summed E-state index contributed by atoms with van der Waals surface area (Å²) in [7, 11) is 0. The number of nitriles is 1. The predicted molar refractivity (Wildman–Crippen MR) is 87.6 cm³/mol. The topological polar surface area (TPSA) is 59.3 Å². The maximum atomic E-state index is 11.3. The quantitative estimate of drug-likeness (QED) is 0.603. The van der Waals surface area contributed by atoms with Gasteiger partial charge in [-0.1, -0.05) is 36.4 Å². The summed E-state index contributed by atoms with van der Waals surface area (Å²) in [6, 6.07) is 17.0. The lowest BCUT2D eigenvalue weighted by molar-refractivity contribution is -0.137. The first-order valence-corrected chi connectivity index (χ1v) is 7.28. The number of hydrogen-bond acceptors (Lipinski definition) is 4. The second kappa shape index (κ2) is 8.40. The van der Waals surface area contributed by atoms with E-state index in [0.717, 1.165) is 11.1 Å². The van der Waals surface area contributed by atoms with Crippen molar-refractivity contribution in [2.75, 3.05) is 6.61 Å². The Morgan fingerprint density at radius 2 is 2.00 bits per heavy atom. The van der Waals surface area contributed by atoms with Crippen molar-refractivity contribution in [2.45, 2.75) is 13.5 Å². The minimum atomic E-state index is -0.407. The number of rotatable bonds is 6. The molecule has 0 fully saturated rings. The highest BCUT2D eigenvalue weighted by Gasteiger charge is 2.05. The number of hydrogen-bond donors (Lipinski definition) is 0. The third kappa shape index (κ3) is 5.01. The van der Waals surface area contributed by atoms with E-state index in [2.05, 4.69) is 6.07 Å². The highest BCUT2D eigenvalue weighted by atomic mass is 16.5. The van der Waals surface area contributed by atoms with Crippen molar-refractivity contribution in [3.05, 3.63) is 71.3 Å². The molecule has 4 heteroatoms. The van der Waals surface area contributed by atoms with Gasteiger partial charge in [-0.2, -0.15) is 5.26 Å². The van der Waals surface area contributed by atoms with Crippen molar-refractivity contribution in [3.8, 4) is 11.8 Å². The third-order valence-corrected chi connectivity index (χ3v) is 3.06. The fourth-order valence-corrected chi connectivity index (χ4v) is 1.95. The van der Waals surface area contributed by atoms with Crippen LogP contribution in [0.4, 0.5) is 0 Å². The van der Waals surface area contributed by atoms with Crippen LogP contribution < -0.4 is 4.74 Å². The van der Waals surface area contributed by atoms with Gasteiger partial charge in [-0.25, -0.2) is 4.79 Å². The zero-order chi connectivity index (χ0) is 16.5. The molecule has 0 aliphatic heterocycles. The van der Waals surface area contributed by atoms with Crippen LogP contribution in [0.3, 0.4) is 0 Å². The van der Waals surface area contributed by atoms with Crippen molar-refractivity contribution in [3.63, 3.8) is 0 Å². The van der Waals surface area contributed by atoms with Gasteiger partial charge in [0.1, 0.15) is 18.4 Å². The van der Waals surface area contributed by atoms with E-state index in [-0.39, 0.29) is 0 Å². The van der Waals surface area contributed by atoms with Gasteiger partial charge in [0.15, 0.2) is 0 Å². The number of carbonyl (C=O) groups excluding carboxylic acids is 1. The van der Waals surface area contributed by atoms with Crippen LogP contribution in [0, 0.1) is 11.3 Å². The Bertz CT molecular complexity index is 730. The van der Waals surface area contributed by atoms with E-state index < -0.39 is 5.97 Å². The predicted octanol–water partition coefficient (Wildman–Crippen LogP) is 3.71. The summed E-state index contributed by atoms with van der Waals surface area (Å²) in [6.45, 7) is 2.48. The number of carbonyl (C=O) groups is 1. The average Bonchev–Trinajstić information content (AvgIpc) is 2.59. The summed E-state index contributed by atoms with van der Waals surface area (Å²) in [5.74, 6) is 0.111. The van der Waals surface area contributed by atoms with E-state index >= 15 is 0 Å². The first kappa shape index (κ1) is 16.3. The lowest BCUT2D eigenvalue weighted by Crippen LogP contribution is -1.99. The highest BCUT2D eigenvalue weighted by Crippen LogP contribution is 2.21. The van der Waals surface area contributed by atoms with Crippen molar-refractivity contribution < 1.29 is 14.3 Å². The molecule has 0 spiro atoms. The van der Waals surface area contributed by atoms with Crippen LogP contribution in [0.25, 0.3) is 6.08 Å². The normalized spacial score (nSPS) is 10.3. The molecule has 116 valence electrons. The van der Waals surface area contributed by atoms with Crippen molar-refractivity contribution >= 4 is 12.0 Å². The maximum absolute atomic E-state index is 11.3. The molecule has 0 radical (unpaired) electrons. The number of esters is 1. The van der Waals surface area contributed by atoms with Gasteiger partial charge in [0.25, 0.3) is 0 Å². The lowest BCUT2D eigenvalue weighted by atomic mass is 10.1. The first-order valence-electron chi connectivity index (χ1n) is 7.28. The summed E-state index contributed by atoms with van der Waals surface area (Å²) < 4.78 is 10.5. The van der Waals surface area contributed by atoms with Crippen LogP contribution in [0.2, 0.25) is 0 Å². The molecule has 0 amide bonds. The van der Waals surface area contributed by atoms with E-state index in [0.29, 0.717) is 24.5 Å². The van der Waals surface area contributed by atoms with Gasteiger partial charge in [-0.05, 0) is 36.3 Å². The summed E-state index contributed by atoms with van der Waals surface area (Å²) in [4.78, 5) is 11.3. The molecule has 0 bridgehead atoms. The van der Waals surface area contributed by atoms with Crippen molar-refractivity contribution in [1.82, 2.24) is 0 Å². The zero-order valence-electron chi connectivity index (χ0n) is 12.9. The number of ether oxygens (including phenoxy) is 2. The van der Waals surface area contributed by atoms with E-state index in [1.54, 1.807) is 31.2 Å². The Morgan fingerprint density at radius 1 is 1.22 bits per heavy atom. The van der Waals surface area contributed by atoms with Gasteiger partial charge >= 0.3 is 5.97 Å². The average molecular weight is 307 g/mol. The van der Waals surface area contributed by atoms with Crippen LogP contribution in [-0.4, -0.2) is 12.6 Å². The highest BCUT2D eigenvalue weighted by molar-refractivity contribution is 5.87. The summed E-state index contributed by atoms with van der Waals surface area (Å²) >= 11 is 0. The monoisotopic (exact) mass is 307 g/mol. The van der Waals surface area contributed by atoms with Crippen LogP contribution >= 0.6 is 0 Å². The molecule has 0 N–H and O–H groups in total. The van der Waals surface area contributed by atoms with Gasteiger partial charge in [-0.15, -0.1) is 0 Å². The van der Waals surface area contributed by atoms with Gasteiger partial charge in [0, 0.05) is 6.08 Å². The van der Waals surface area contributed by atoms with Gasteiger partial charge < -0.3 is 9.47 Å². The standard InChI is InChI=1S/C19H17NO3/c1-2-22-19(21)11-9-15-8-10-18(17(12-15)13-20)23-14-16-6-4-3-5-7-16/h3-12H,2,14H2,1H3/b11-9+. The molecule has 0 heterocycles. The molecular formula is C19H17NO3. The smallest absolute Gasteiger partial charge is 0.330 e. The molecule has 0 aliphatic rings. The van der Waals surface area contributed by atoms with Crippen LogP contribution in [0.1, 0.15) is 23.6 Å². The molecule has 0 saturated heterocycles. The number of nitrogens with zero attached hydrogens (tertiary/aromatic N) is 1. The SMILES string of the molecule is CCOC(=O)/C=C/c1ccc(OCc2ccccc2)c(C#N)c1. The minimum Gasteiger partial charge on any atom is -0.488 e. The molecule has 2 aromatic carbocycles. The minimum absolute atomic E-state index is 0.332. The Hall–Kier alpha value is -3.06. The second-order valence-electron chi connectivity index (χ2n) is 4.73. The summed E-state index contributed by atoms with van der Waals surface area (Å²) in [5.41, 5.74) is 2.19. The molecule has 0 atom stereocenters. The second-order valence-corrected chi connectivity index (χ2v) is 4.73. The third-order valence-electron chi connectivity index (χ3n) is 3.06. The number of benzene rings is 2. The fraction of sp³-hybridized carbons (Fsp3) is 0.158. The molecule has 4 nitrogen and oxygen atoms in total. The van der Waals surface area contributed by atoms with Gasteiger partial charge in [0.05, 0.1) is 12.2 Å². The Kier molecular flexibility index (Phi) is 5.96. The largest absolute Gasteiger partial charge is 0.488 e. The van der Waals surface area contributed by atoms with E-state index in [9.17, 15) is 10.1 Å². The first-order chi connectivity index (χ1) is 11.2. The Morgan fingerprint density at radius 3 is 2.70 bits per heavy atom. The molecule has 2 rings (SSSR count). The molecule has 0 aromatic heterocycles. The Balaban J connectivity index is 2.08.